The van der Waals surface area contributed by atoms with Crippen LogP contribution < -0.4 is 0 Å². The predicted molar refractivity (Wildman–Crippen MR) is 320 cm³/mol. The zero-order chi connectivity index (χ0) is 53.2. The number of benzene rings is 9. The van der Waals surface area contributed by atoms with E-state index in [-0.39, 0.29) is 42.8 Å². The zero-order valence-electron chi connectivity index (χ0n) is 46.4. The van der Waals surface area contributed by atoms with Gasteiger partial charge in [-0.05, 0) is 145 Å². The van der Waals surface area contributed by atoms with Crippen LogP contribution >= 0.6 is 0 Å². The van der Waals surface area contributed by atoms with Gasteiger partial charge in [0.2, 0.25) is 0 Å². The Morgan fingerprint density at radius 3 is 1.94 bits per heavy atom. The molecule has 0 unspecified atom stereocenters. The molecule has 5 nitrogen and oxygen atoms in total. The second kappa shape index (κ2) is 20.8. The fourth-order valence-corrected chi connectivity index (χ4v) is 10.9. The van der Waals surface area contributed by atoms with Gasteiger partial charge < -0.3 is 8.98 Å². The van der Waals surface area contributed by atoms with Crippen LogP contribution in [0.15, 0.2) is 174 Å². The van der Waals surface area contributed by atoms with Crippen LogP contribution in [0.5, 0.6) is 0 Å². The SMILES string of the molecule is CC(C)(C)c1ccnc(-c2[c-]cccc2)n1.Cc1cc(-c2ccc(C(C)(C)C)cc2C)ccc1-c1cc(C(C)C)c(-n2c(-c3[c-]ccc4c3oc3cc5c(ccc6ccccc65)cc34)nc3ccccc32)c(C(C)C)c1.[Ir]. The molecule has 0 saturated carbocycles. The maximum absolute atomic E-state index is 6.91. The molecule has 0 aliphatic carbocycles. The minimum atomic E-state index is 0. The summed E-state index contributed by atoms with van der Waals surface area (Å²) < 4.78 is 9.31. The van der Waals surface area contributed by atoms with E-state index in [2.05, 4.69) is 237 Å². The summed E-state index contributed by atoms with van der Waals surface area (Å²) >= 11 is 0. The van der Waals surface area contributed by atoms with Crippen molar-refractivity contribution in [3.05, 3.63) is 216 Å². The van der Waals surface area contributed by atoms with Crippen molar-refractivity contribution in [2.24, 2.45) is 0 Å². The molecule has 0 spiro atoms. The van der Waals surface area contributed by atoms with E-state index in [1.807, 2.05) is 42.6 Å². The van der Waals surface area contributed by atoms with Crippen LogP contribution in [0.25, 0.3) is 105 Å². The Hall–Kier alpha value is -7.50. The fraction of sp³-hybridized carbons (Fsp3) is 0.225. The summed E-state index contributed by atoms with van der Waals surface area (Å²) in [6.45, 7) is 27.0. The largest absolute Gasteiger partial charge is 0.501 e. The standard InChI is InChI=1S/C57H51N2O.C14H15N2.Ir/c1-33(2)47-30-40(43-25-23-38(27-35(43)5)42-26-24-41(28-36(42)6)57(7,8)9)31-48(34(3)4)54(47)59-52-20-13-12-19-51(52)58-56(59)46-18-14-17-45-50-29-39-22-21-37-15-10-11-16-44(37)49(39)32-53(50)60-55(45)46;1-14(2,3)12-9-10-15-13(16-12)11-7-5-4-6-8-11;/h10-17,19-34H,1-9H3;4-7,9-10H,1-3H3;/q2*-1;. The van der Waals surface area contributed by atoms with Crippen molar-refractivity contribution in [3.63, 3.8) is 0 Å². The maximum Gasteiger partial charge on any atom is 0.121 e. The Kier molecular flexibility index (Phi) is 14.3. The first-order valence-corrected chi connectivity index (χ1v) is 26.8. The number of hydrogen-bond acceptors (Lipinski definition) is 4. The van der Waals surface area contributed by atoms with E-state index in [4.69, 9.17) is 9.40 Å². The van der Waals surface area contributed by atoms with Crippen LogP contribution in [-0.4, -0.2) is 19.5 Å². The fourth-order valence-electron chi connectivity index (χ4n) is 10.9. The summed E-state index contributed by atoms with van der Waals surface area (Å²) in [4.78, 5) is 14.3. The molecule has 0 amide bonds. The van der Waals surface area contributed by atoms with Gasteiger partial charge in [0.25, 0.3) is 0 Å². The number of nitrogens with zero attached hydrogens (tertiary/aromatic N) is 4. The molecule has 12 rings (SSSR count). The minimum Gasteiger partial charge on any atom is -0.501 e. The van der Waals surface area contributed by atoms with E-state index in [0.29, 0.717) is 0 Å². The first kappa shape index (κ1) is 52.9. The summed E-state index contributed by atoms with van der Waals surface area (Å²) in [5.74, 6) is 2.06. The molecule has 6 heteroatoms. The molecule has 0 N–H and O–H groups in total. The Bertz CT molecular complexity index is 4140. The van der Waals surface area contributed by atoms with Gasteiger partial charge in [-0.3, -0.25) is 15.0 Å². The van der Waals surface area contributed by atoms with Gasteiger partial charge in [0, 0.05) is 48.5 Å². The molecule has 77 heavy (non-hydrogen) atoms. The van der Waals surface area contributed by atoms with Crippen LogP contribution in [0, 0.1) is 26.0 Å². The van der Waals surface area contributed by atoms with Gasteiger partial charge in [0.05, 0.1) is 28.3 Å². The zero-order valence-corrected chi connectivity index (χ0v) is 48.7. The normalized spacial score (nSPS) is 12.0. The molecule has 3 aromatic heterocycles. The molecule has 387 valence electrons. The van der Waals surface area contributed by atoms with Gasteiger partial charge in [-0.15, -0.1) is 54.1 Å². The number of aryl methyl sites for hydroxylation is 2. The Labute approximate surface area is 467 Å². The van der Waals surface area contributed by atoms with Crippen LogP contribution in [0.4, 0.5) is 0 Å². The Morgan fingerprint density at radius 1 is 0.545 bits per heavy atom. The number of hydrogen-bond donors (Lipinski definition) is 0. The third kappa shape index (κ3) is 10.1. The number of para-hydroxylation sites is 2. The minimum absolute atomic E-state index is 0. The monoisotopic (exact) mass is 1180 g/mol. The van der Waals surface area contributed by atoms with Gasteiger partial charge in [0.1, 0.15) is 5.58 Å². The van der Waals surface area contributed by atoms with Crippen molar-refractivity contribution in [1.82, 2.24) is 19.5 Å². The average molecular weight is 1180 g/mol. The van der Waals surface area contributed by atoms with Crippen LogP contribution in [0.2, 0.25) is 0 Å². The van der Waals surface area contributed by atoms with E-state index in [1.165, 1.54) is 77.3 Å². The molecule has 0 atom stereocenters. The summed E-state index contributed by atoms with van der Waals surface area (Å²) in [5.41, 5.74) is 19.4. The van der Waals surface area contributed by atoms with E-state index >= 15 is 0 Å². The number of furan rings is 1. The van der Waals surface area contributed by atoms with E-state index < -0.39 is 0 Å². The topological polar surface area (TPSA) is 56.7 Å². The van der Waals surface area contributed by atoms with Crippen molar-refractivity contribution in [2.75, 3.05) is 0 Å². The van der Waals surface area contributed by atoms with Crippen molar-refractivity contribution < 1.29 is 24.5 Å². The third-order valence-electron chi connectivity index (χ3n) is 15.0. The molecule has 9 aromatic carbocycles. The van der Waals surface area contributed by atoms with Crippen molar-refractivity contribution in [2.45, 2.75) is 106 Å². The average Bonchev–Trinajstić information content (AvgIpc) is 4.04. The summed E-state index contributed by atoms with van der Waals surface area (Å²) in [6.07, 6.45) is 1.81. The van der Waals surface area contributed by atoms with Gasteiger partial charge >= 0.3 is 0 Å². The van der Waals surface area contributed by atoms with E-state index in [1.54, 1.807) is 0 Å². The number of aromatic nitrogens is 4. The smallest absolute Gasteiger partial charge is 0.121 e. The van der Waals surface area contributed by atoms with Gasteiger partial charge in [-0.1, -0.05) is 165 Å². The second-order valence-corrected chi connectivity index (χ2v) is 23.2. The quantitative estimate of drug-likeness (QED) is 0.118. The van der Waals surface area contributed by atoms with Gasteiger partial charge in [-0.25, -0.2) is 0 Å². The number of imidazole rings is 1. The van der Waals surface area contributed by atoms with Crippen molar-refractivity contribution >= 4 is 54.5 Å². The first-order chi connectivity index (χ1) is 36.4. The third-order valence-corrected chi connectivity index (χ3v) is 15.0. The molecule has 1 radical (unpaired) electrons. The molecular weight excluding hydrogens is 1120 g/mol. The molecule has 0 bridgehead atoms. The molecule has 0 aliphatic rings. The summed E-state index contributed by atoms with van der Waals surface area (Å²) in [5, 5.41) is 7.00. The van der Waals surface area contributed by atoms with Gasteiger partial charge in [0.15, 0.2) is 0 Å². The summed E-state index contributed by atoms with van der Waals surface area (Å²) in [7, 11) is 0. The van der Waals surface area contributed by atoms with E-state index in [0.717, 1.165) is 61.4 Å². The first-order valence-electron chi connectivity index (χ1n) is 26.8. The molecule has 12 aromatic rings. The van der Waals surface area contributed by atoms with Gasteiger partial charge in [-0.2, -0.15) is 0 Å². The predicted octanol–water partition coefficient (Wildman–Crippen LogP) is 19.4. The summed E-state index contributed by atoms with van der Waals surface area (Å²) in [6, 6.07) is 65.5. The molecule has 0 fully saturated rings. The Balaban J connectivity index is 0.000000339. The Morgan fingerprint density at radius 2 is 1.23 bits per heavy atom. The van der Waals surface area contributed by atoms with Crippen molar-refractivity contribution in [1.29, 1.82) is 0 Å². The van der Waals surface area contributed by atoms with Crippen LogP contribution in [-0.2, 0) is 30.9 Å². The van der Waals surface area contributed by atoms with Crippen LogP contribution in [0.3, 0.4) is 0 Å². The molecular formula is C71H66IrN4O-2. The number of rotatable bonds is 7. The molecule has 0 aliphatic heterocycles. The molecule has 3 heterocycles. The second-order valence-electron chi connectivity index (χ2n) is 23.2. The van der Waals surface area contributed by atoms with Crippen LogP contribution in [0.1, 0.15) is 115 Å². The number of fused-ring (bicyclic) bond motifs is 7. The molecule has 0 saturated heterocycles. The van der Waals surface area contributed by atoms with Crippen molar-refractivity contribution in [3.8, 4) is 50.7 Å². The van der Waals surface area contributed by atoms with E-state index in [9.17, 15) is 0 Å². The maximum atomic E-state index is 6.91.